The van der Waals surface area contributed by atoms with Crippen LogP contribution in [-0.2, 0) is 0 Å². The summed E-state index contributed by atoms with van der Waals surface area (Å²) in [6.07, 6.45) is 7.38. The highest BCUT2D eigenvalue weighted by Gasteiger charge is 2.14. The maximum absolute atomic E-state index is 12.0. The van der Waals surface area contributed by atoms with Crippen molar-refractivity contribution in [3.05, 3.63) is 34.3 Å². The monoisotopic (exact) mass is 340 g/mol. The lowest BCUT2D eigenvalue weighted by atomic mass is 10.1. The summed E-state index contributed by atoms with van der Waals surface area (Å²) < 4.78 is 1.02. The third kappa shape index (κ3) is 5.31. The zero-order valence-corrected chi connectivity index (χ0v) is 13.6. The molecule has 1 aliphatic carbocycles. The molecule has 0 radical (unpaired) electrons. The molecule has 1 fully saturated rings. The van der Waals surface area contributed by atoms with E-state index in [0.29, 0.717) is 6.42 Å². The Labute approximate surface area is 128 Å². The van der Waals surface area contributed by atoms with Gasteiger partial charge in [-0.05, 0) is 48.8 Å². The Bertz CT molecular complexity index is 396. The fourth-order valence-electron chi connectivity index (χ4n) is 2.54. The van der Waals surface area contributed by atoms with E-state index in [0.717, 1.165) is 28.1 Å². The van der Waals surface area contributed by atoms with Gasteiger partial charge in [-0.1, -0.05) is 40.9 Å². The standard InChI is InChI=1S/C16H21BrOS/c17-15-9-7-14(8-10-15)16(18)6-3-11-19-12-13-4-1-2-5-13/h7-10,13H,1-6,11-12H2. The SMILES string of the molecule is O=C(CCCSCC1CCCC1)c1ccc(Br)cc1. The van der Waals surface area contributed by atoms with Gasteiger partial charge < -0.3 is 0 Å². The third-order valence-corrected chi connectivity index (χ3v) is 5.50. The number of carbonyl (C=O) groups is 1. The summed E-state index contributed by atoms with van der Waals surface area (Å²) in [6.45, 7) is 0. The number of Topliss-reactive ketones (excluding diaryl/α,β-unsaturated/α-hetero) is 1. The van der Waals surface area contributed by atoms with E-state index in [9.17, 15) is 4.79 Å². The second-order valence-corrected chi connectivity index (χ2v) is 7.32. The van der Waals surface area contributed by atoms with Crippen molar-refractivity contribution in [2.45, 2.75) is 38.5 Å². The summed E-state index contributed by atoms with van der Waals surface area (Å²) in [5.74, 6) is 3.65. The minimum absolute atomic E-state index is 0.272. The molecule has 0 atom stereocenters. The van der Waals surface area contributed by atoms with E-state index >= 15 is 0 Å². The van der Waals surface area contributed by atoms with Crippen LogP contribution in [0.5, 0.6) is 0 Å². The van der Waals surface area contributed by atoms with Crippen molar-refractivity contribution in [2.75, 3.05) is 11.5 Å². The smallest absolute Gasteiger partial charge is 0.162 e. The molecule has 0 amide bonds. The van der Waals surface area contributed by atoms with Gasteiger partial charge in [-0.3, -0.25) is 4.79 Å². The lowest BCUT2D eigenvalue weighted by molar-refractivity contribution is 0.0982. The van der Waals surface area contributed by atoms with Gasteiger partial charge in [0.1, 0.15) is 0 Å². The zero-order valence-electron chi connectivity index (χ0n) is 11.2. The van der Waals surface area contributed by atoms with Crippen LogP contribution in [0.4, 0.5) is 0 Å². The highest BCUT2D eigenvalue weighted by atomic mass is 79.9. The maximum Gasteiger partial charge on any atom is 0.162 e. The van der Waals surface area contributed by atoms with Gasteiger partial charge in [-0.25, -0.2) is 0 Å². The van der Waals surface area contributed by atoms with Crippen LogP contribution in [0.3, 0.4) is 0 Å². The highest BCUT2D eigenvalue weighted by Crippen LogP contribution is 2.28. The first kappa shape index (κ1) is 15.1. The molecule has 0 heterocycles. The van der Waals surface area contributed by atoms with Gasteiger partial charge in [0.2, 0.25) is 0 Å². The predicted molar refractivity (Wildman–Crippen MR) is 87.0 cm³/mol. The average Bonchev–Trinajstić information content (AvgIpc) is 2.92. The van der Waals surface area contributed by atoms with Crippen LogP contribution in [0, 0.1) is 5.92 Å². The van der Waals surface area contributed by atoms with Gasteiger partial charge in [0, 0.05) is 16.5 Å². The Morgan fingerprint density at radius 2 is 1.89 bits per heavy atom. The number of hydrogen-bond donors (Lipinski definition) is 0. The first-order valence-electron chi connectivity index (χ1n) is 7.12. The van der Waals surface area contributed by atoms with E-state index in [4.69, 9.17) is 0 Å². The minimum Gasteiger partial charge on any atom is -0.294 e. The average molecular weight is 341 g/mol. The summed E-state index contributed by atoms with van der Waals surface area (Å²) in [7, 11) is 0. The molecule has 0 aliphatic heterocycles. The van der Waals surface area contributed by atoms with Gasteiger partial charge >= 0.3 is 0 Å². The quantitative estimate of drug-likeness (QED) is 0.492. The van der Waals surface area contributed by atoms with Crippen molar-refractivity contribution in [1.29, 1.82) is 0 Å². The molecule has 0 unspecified atom stereocenters. The molecule has 0 N–H and O–H groups in total. The molecule has 0 spiro atoms. The van der Waals surface area contributed by atoms with Gasteiger partial charge in [0.05, 0.1) is 0 Å². The molecule has 1 aliphatic rings. The molecular formula is C16H21BrOS. The van der Waals surface area contributed by atoms with E-state index in [1.165, 1.54) is 31.4 Å². The Hall–Kier alpha value is -0.280. The Morgan fingerprint density at radius 1 is 1.21 bits per heavy atom. The van der Waals surface area contributed by atoms with Gasteiger partial charge in [0.25, 0.3) is 0 Å². The Balaban J connectivity index is 1.59. The molecule has 3 heteroatoms. The van der Waals surface area contributed by atoms with E-state index < -0.39 is 0 Å². The maximum atomic E-state index is 12.0. The Morgan fingerprint density at radius 3 is 2.58 bits per heavy atom. The molecular weight excluding hydrogens is 320 g/mol. The van der Waals surface area contributed by atoms with Crippen molar-refractivity contribution in [2.24, 2.45) is 5.92 Å². The summed E-state index contributed by atoms with van der Waals surface area (Å²) in [4.78, 5) is 12.0. The van der Waals surface area contributed by atoms with Crippen molar-refractivity contribution in [1.82, 2.24) is 0 Å². The predicted octanol–water partition coefficient (Wildman–Crippen LogP) is 5.34. The largest absolute Gasteiger partial charge is 0.294 e. The van der Waals surface area contributed by atoms with Crippen LogP contribution < -0.4 is 0 Å². The van der Waals surface area contributed by atoms with Crippen LogP contribution in [0.25, 0.3) is 0 Å². The normalized spacial score (nSPS) is 15.8. The molecule has 19 heavy (non-hydrogen) atoms. The van der Waals surface area contributed by atoms with E-state index in [-0.39, 0.29) is 5.78 Å². The summed E-state index contributed by atoms with van der Waals surface area (Å²) in [6, 6.07) is 7.67. The molecule has 0 aromatic heterocycles. The molecule has 0 bridgehead atoms. The fraction of sp³-hybridized carbons (Fsp3) is 0.562. The third-order valence-electron chi connectivity index (χ3n) is 3.69. The molecule has 1 aromatic rings. The van der Waals surface area contributed by atoms with Crippen LogP contribution in [0.1, 0.15) is 48.9 Å². The van der Waals surface area contributed by atoms with Crippen molar-refractivity contribution >= 4 is 33.5 Å². The topological polar surface area (TPSA) is 17.1 Å². The van der Waals surface area contributed by atoms with Gasteiger partial charge in [-0.15, -0.1) is 0 Å². The van der Waals surface area contributed by atoms with E-state index in [1.807, 2.05) is 36.0 Å². The van der Waals surface area contributed by atoms with Crippen LogP contribution in [0.15, 0.2) is 28.7 Å². The van der Waals surface area contributed by atoms with Gasteiger partial charge in [-0.2, -0.15) is 11.8 Å². The number of halogens is 1. The lowest BCUT2D eigenvalue weighted by Crippen LogP contribution is -2.01. The first-order valence-corrected chi connectivity index (χ1v) is 9.07. The van der Waals surface area contributed by atoms with Crippen molar-refractivity contribution in [3.63, 3.8) is 0 Å². The van der Waals surface area contributed by atoms with Crippen molar-refractivity contribution in [3.8, 4) is 0 Å². The van der Waals surface area contributed by atoms with Crippen LogP contribution in [-0.4, -0.2) is 17.3 Å². The molecule has 1 nitrogen and oxygen atoms in total. The van der Waals surface area contributed by atoms with E-state index in [1.54, 1.807) is 0 Å². The van der Waals surface area contributed by atoms with Gasteiger partial charge in [0.15, 0.2) is 5.78 Å². The Kier molecular flexibility index (Phi) is 6.45. The summed E-state index contributed by atoms with van der Waals surface area (Å²) in [5, 5.41) is 0. The number of ketones is 1. The van der Waals surface area contributed by atoms with Crippen molar-refractivity contribution < 1.29 is 4.79 Å². The minimum atomic E-state index is 0.272. The van der Waals surface area contributed by atoms with Crippen LogP contribution >= 0.6 is 27.7 Å². The summed E-state index contributed by atoms with van der Waals surface area (Å²) in [5.41, 5.74) is 0.837. The molecule has 104 valence electrons. The number of benzene rings is 1. The number of carbonyl (C=O) groups excluding carboxylic acids is 1. The highest BCUT2D eigenvalue weighted by molar-refractivity contribution is 9.10. The summed E-state index contributed by atoms with van der Waals surface area (Å²) >= 11 is 5.42. The number of hydrogen-bond acceptors (Lipinski definition) is 2. The molecule has 1 aromatic carbocycles. The fourth-order valence-corrected chi connectivity index (χ4v) is 3.99. The second-order valence-electron chi connectivity index (χ2n) is 5.26. The lowest BCUT2D eigenvalue weighted by Gasteiger charge is -2.07. The first-order chi connectivity index (χ1) is 9.25. The number of rotatable bonds is 7. The zero-order chi connectivity index (χ0) is 13.5. The van der Waals surface area contributed by atoms with E-state index in [2.05, 4.69) is 15.9 Å². The molecule has 0 saturated heterocycles. The molecule has 1 saturated carbocycles. The van der Waals surface area contributed by atoms with Crippen LogP contribution in [0.2, 0.25) is 0 Å². The molecule has 2 rings (SSSR count). The number of thioether (sulfide) groups is 1. The second kappa shape index (κ2) is 8.11.